The molecule has 3 N–H and O–H groups in total. The van der Waals surface area contributed by atoms with Gasteiger partial charge in [-0.2, -0.15) is 0 Å². The number of benzene rings is 1. The van der Waals surface area contributed by atoms with Gasteiger partial charge in [0.25, 0.3) is 0 Å². The fourth-order valence-corrected chi connectivity index (χ4v) is 1.58. The monoisotopic (exact) mass is 312 g/mol. The summed E-state index contributed by atoms with van der Waals surface area (Å²) in [5.41, 5.74) is 5.19. The highest BCUT2D eigenvalue weighted by Gasteiger charge is 2.15. The largest absolute Gasteiger partial charge is 0.444 e. The fourth-order valence-electron chi connectivity index (χ4n) is 1.36. The van der Waals surface area contributed by atoms with Gasteiger partial charge >= 0.3 is 6.09 Å². The smallest absolute Gasteiger partial charge is 0.407 e. The van der Waals surface area contributed by atoms with Crippen LogP contribution in [0, 0.1) is 17.7 Å². The summed E-state index contributed by atoms with van der Waals surface area (Å²) in [4.78, 5) is 11.4. The minimum atomic E-state index is -0.671. The molecule has 0 aliphatic rings. The van der Waals surface area contributed by atoms with Crippen molar-refractivity contribution in [3.05, 3.63) is 28.5 Å². The van der Waals surface area contributed by atoms with Gasteiger partial charge in [0, 0.05) is 18.5 Å². The van der Waals surface area contributed by atoms with E-state index in [9.17, 15) is 9.18 Å². The maximum absolute atomic E-state index is 13.4. The van der Waals surface area contributed by atoms with Gasteiger partial charge in [-0.25, -0.2) is 9.18 Å². The summed E-state index contributed by atoms with van der Waals surface area (Å²) >= 11 is 5.79. The highest BCUT2D eigenvalue weighted by Crippen LogP contribution is 2.23. The molecule has 0 bridgehead atoms. The van der Waals surface area contributed by atoms with Crippen LogP contribution in [0.1, 0.15) is 32.8 Å². The molecule has 0 spiro atoms. The first-order valence-corrected chi connectivity index (χ1v) is 6.77. The number of hydrogen-bond acceptors (Lipinski definition) is 3. The maximum Gasteiger partial charge on any atom is 0.407 e. The Bertz CT molecular complexity index is 586. The van der Waals surface area contributed by atoms with Crippen molar-refractivity contribution in [1.82, 2.24) is 5.32 Å². The molecule has 1 aromatic rings. The van der Waals surface area contributed by atoms with Gasteiger partial charge in [0.15, 0.2) is 5.82 Å². The lowest BCUT2D eigenvalue weighted by Crippen LogP contribution is -2.32. The zero-order valence-electron chi connectivity index (χ0n) is 12.2. The maximum atomic E-state index is 13.4. The van der Waals surface area contributed by atoms with E-state index in [1.54, 1.807) is 26.8 Å². The number of nitrogen functional groups attached to an aromatic ring is 1. The third kappa shape index (κ3) is 5.92. The van der Waals surface area contributed by atoms with E-state index < -0.39 is 17.5 Å². The number of halogens is 2. The van der Waals surface area contributed by atoms with E-state index in [0.29, 0.717) is 18.5 Å². The molecule has 0 unspecified atom stereocenters. The van der Waals surface area contributed by atoms with Gasteiger partial charge in [0.2, 0.25) is 0 Å². The van der Waals surface area contributed by atoms with E-state index in [1.165, 1.54) is 6.07 Å². The van der Waals surface area contributed by atoms with Crippen LogP contribution in [0.3, 0.4) is 0 Å². The summed E-state index contributed by atoms with van der Waals surface area (Å²) in [7, 11) is 0. The van der Waals surface area contributed by atoms with Crippen LogP contribution >= 0.6 is 11.6 Å². The Morgan fingerprint density at radius 1 is 1.48 bits per heavy atom. The van der Waals surface area contributed by atoms with Crippen LogP contribution in [0.5, 0.6) is 0 Å². The predicted molar refractivity (Wildman–Crippen MR) is 81.6 cm³/mol. The van der Waals surface area contributed by atoms with E-state index in [4.69, 9.17) is 22.1 Å². The van der Waals surface area contributed by atoms with Gasteiger partial charge in [-0.15, -0.1) is 0 Å². The van der Waals surface area contributed by atoms with Crippen molar-refractivity contribution in [1.29, 1.82) is 0 Å². The third-order valence-electron chi connectivity index (χ3n) is 2.25. The molecule has 1 aromatic carbocycles. The van der Waals surface area contributed by atoms with Crippen LogP contribution in [-0.2, 0) is 4.74 Å². The van der Waals surface area contributed by atoms with Gasteiger partial charge in [0.05, 0.1) is 10.7 Å². The molecule has 0 aliphatic heterocycles. The topological polar surface area (TPSA) is 64.3 Å². The number of rotatable bonds is 2. The average Bonchev–Trinajstić information content (AvgIpc) is 2.36. The normalized spacial score (nSPS) is 10.5. The molecule has 0 radical (unpaired) electrons. The van der Waals surface area contributed by atoms with E-state index in [-0.39, 0.29) is 10.7 Å². The SMILES string of the molecule is CC(C)(C)OC(=O)NCCC#Cc1ccc(N)c(F)c1Cl. The molecule has 1 rings (SSSR count). The lowest BCUT2D eigenvalue weighted by Gasteiger charge is -2.19. The molecule has 6 heteroatoms. The zero-order valence-corrected chi connectivity index (χ0v) is 13.0. The molecule has 0 aromatic heterocycles. The fraction of sp³-hybridized carbons (Fsp3) is 0.400. The highest BCUT2D eigenvalue weighted by atomic mass is 35.5. The van der Waals surface area contributed by atoms with Gasteiger partial charge in [0.1, 0.15) is 5.60 Å². The Kier molecular flexibility index (Phi) is 5.86. The van der Waals surface area contributed by atoms with E-state index in [2.05, 4.69) is 17.2 Å². The molecule has 4 nitrogen and oxygen atoms in total. The second-order valence-corrected chi connectivity index (χ2v) is 5.69. The number of alkyl carbamates (subject to hydrolysis) is 1. The summed E-state index contributed by atoms with van der Waals surface area (Å²) in [6.45, 7) is 5.68. The summed E-state index contributed by atoms with van der Waals surface area (Å²) in [5, 5.41) is 2.48. The molecule has 0 saturated heterocycles. The number of nitrogens with one attached hydrogen (secondary N) is 1. The number of anilines is 1. The molecule has 1 amide bonds. The van der Waals surface area contributed by atoms with E-state index >= 15 is 0 Å². The molecule has 0 atom stereocenters. The summed E-state index contributed by atoms with van der Waals surface area (Å²) in [6, 6.07) is 2.96. The Morgan fingerprint density at radius 2 is 2.14 bits per heavy atom. The number of ether oxygens (including phenoxy) is 1. The van der Waals surface area contributed by atoms with Crippen LogP contribution < -0.4 is 11.1 Å². The molecular weight excluding hydrogens is 295 g/mol. The number of hydrogen-bond donors (Lipinski definition) is 2. The molecule has 114 valence electrons. The molecule has 0 heterocycles. The van der Waals surface area contributed by atoms with Crippen LogP contribution in [0.4, 0.5) is 14.9 Å². The van der Waals surface area contributed by atoms with Crippen molar-refractivity contribution in [2.45, 2.75) is 32.8 Å². The first-order valence-electron chi connectivity index (χ1n) is 6.40. The molecule has 0 fully saturated rings. The van der Waals surface area contributed by atoms with Crippen molar-refractivity contribution >= 4 is 23.4 Å². The number of nitrogens with two attached hydrogens (primary N) is 1. The van der Waals surface area contributed by atoms with Gasteiger partial charge in [-0.1, -0.05) is 23.4 Å². The number of carbonyl (C=O) groups is 1. The molecule has 0 aliphatic carbocycles. The Morgan fingerprint density at radius 3 is 2.76 bits per heavy atom. The van der Waals surface area contributed by atoms with Crippen molar-refractivity contribution < 1.29 is 13.9 Å². The second kappa shape index (κ2) is 7.19. The van der Waals surface area contributed by atoms with Crippen molar-refractivity contribution in [2.24, 2.45) is 0 Å². The van der Waals surface area contributed by atoms with Crippen LogP contribution in [0.2, 0.25) is 5.02 Å². The van der Waals surface area contributed by atoms with Gasteiger partial charge in [-0.05, 0) is 32.9 Å². The predicted octanol–water partition coefficient (Wildman–Crippen LogP) is 3.33. The summed E-state index contributed by atoms with van der Waals surface area (Å²) in [5.74, 6) is 4.86. The van der Waals surface area contributed by atoms with Crippen molar-refractivity contribution in [2.75, 3.05) is 12.3 Å². The summed E-state index contributed by atoms with van der Waals surface area (Å²) in [6.07, 6.45) is -0.109. The Labute approximate surface area is 128 Å². The minimum Gasteiger partial charge on any atom is -0.444 e. The Balaban J connectivity index is 2.48. The first-order chi connectivity index (χ1) is 9.70. The molecule has 0 saturated carbocycles. The van der Waals surface area contributed by atoms with E-state index in [1.807, 2.05) is 0 Å². The standard InChI is InChI=1S/C15H18ClFN2O2/c1-15(2,3)21-14(20)19-9-5-4-6-10-7-8-11(18)13(17)12(10)16/h7-8H,5,9,18H2,1-3H3,(H,19,20). The third-order valence-corrected chi connectivity index (χ3v) is 2.62. The lowest BCUT2D eigenvalue weighted by molar-refractivity contribution is 0.0529. The Hall–Kier alpha value is -1.93. The molecular formula is C15H18ClFN2O2. The average molecular weight is 313 g/mol. The van der Waals surface area contributed by atoms with Crippen LogP contribution in [0.15, 0.2) is 12.1 Å². The number of carbonyl (C=O) groups excluding carboxylic acids is 1. The van der Waals surface area contributed by atoms with Crippen molar-refractivity contribution in [3.8, 4) is 11.8 Å². The molecule has 21 heavy (non-hydrogen) atoms. The van der Waals surface area contributed by atoms with Crippen LogP contribution in [-0.4, -0.2) is 18.2 Å². The minimum absolute atomic E-state index is 0.0165. The zero-order chi connectivity index (χ0) is 16.0. The van der Waals surface area contributed by atoms with Crippen LogP contribution in [0.25, 0.3) is 0 Å². The van der Waals surface area contributed by atoms with Gasteiger partial charge in [-0.3, -0.25) is 0 Å². The first kappa shape index (κ1) is 17.1. The highest BCUT2D eigenvalue weighted by molar-refractivity contribution is 6.32. The summed E-state index contributed by atoms with van der Waals surface area (Å²) < 4.78 is 18.5. The number of amides is 1. The lowest BCUT2D eigenvalue weighted by atomic mass is 10.2. The van der Waals surface area contributed by atoms with Crippen molar-refractivity contribution in [3.63, 3.8) is 0 Å². The van der Waals surface area contributed by atoms with E-state index in [0.717, 1.165) is 0 Å². The second-order valence-electron chi connectivity index (χ2n) is 5.31. The quantitative estimate of drug-likeness (QED) is 0.500. The van der Waals surface area contributed by atoms with Gasteiger partial charge < -0.3 is 15.8 Å².